The third kappa shape index (κ3) is 6.27. The summed E-state index contributed by atoms with van der Waals surface area (Å²) in [6.07, 6.45) is 2.81. The second-order valence-corrected chi connectivity index (χ2v) is 8.43. The van der Waals surface area contributed by atoms with E-state index in [0.29, 0.717) is 6.54 Å². The van der Waals surface area contributed by atoms with Gasteiger partial charge in [-0.05, 0) is 38.1 Å². The molecular weight excluding hydrogens is 419 g/mol. The number of carbonyl (C=O) groups excluding carboxylic acids is 1. The molecule has 3 aromatic rings. The van der Waals surface area contributed by atoms with Gasteiger partial charge in [0.15, 0.2) is 0 Å². The molecule has 0 radical (unpaired) electrons. The van der Waals surface area contributed by atoms with Crippen molar-refractivity contribution in [1.82, 2.24) is 14.8 Å². The van der Waals surface area contributed by atoms with E-state index in [2.05, 4.69) is 34.2 Å². The highest BCUT2D eigenvalue weighted by atomic mass is 19.1. The molecule has 0 bridgehead atoms. The SMILES string of the molecule is CCCc1oc(CN2CCCN(CC(=O)Nc3ccccc3F)CC2)nc1-c1ccccc1. The first-order valence-electron chi connectivity index (χ1n) is 11.7. The van der Waals surface area contributed by atoms with Crippen molar-refractivity contribution in [1.29, 1.82) is 0 Å². The number of oxazole rings is 1. The summed E-state index contributed by atoms with van der Waals surface area (Å²) in [5, 5.41) is 2.67. The van der Waals surface area contributed by atoms with Crippen LogP contribution in [0.5, 0.6) is 0 Å². The molecule has 0 spiro atoms. The molecule has 1 fully saturated rings. The Morgan fingerprint density at radius 2 is 1.76 bits per heavy atom. The number of hydrogen-bond donors (Lipinski definition) is 1. The maximum absolute atomic E-state index is 13.8. The predicted octanol–water partition coefficient (Wildman–Crippen LogP) is 4.58. The summed E-state index contributed by atoms with van der Waals surface area (Å²) in [5.41, 5.74) is 2.24. The Balaban J connectivity index is 1.34. The van der Waals surface area contributed by atoms with Crippen molar-refractivity contribution < 1.29 is 13.6 Å². The van der Waals surface area contributed by atoms with Gasteiger partial charge in [0, 0.05) is 25.1 Å². The Bertz CT molecular complexity index is 1050. The highest BCUT2D eigenvalue weighted by Crippen LogP contribution is 2.26. The number of anilines is 1. The Kier molecular flexibility index (Phi) is 7.86. The van der Waals surface area contributed by atoms with Crippen molar-refractivity contribution in [2.24, 2.45) is 0 Å². The number of amides is 1. The van der Waals surface area contributed by atoms with E-state index in [1.165, 1.54) is 6.07 Å². The topological polar surface area (TPSA) is 61.6 Å². The molecule has 1 N–H and O–H groups in total. The highest BCUT2D eigenvalue weighted by molar-refractivity contribution is 5.92. The van der Waals surface area contributed by atoms with Crippen LogP contribution in [0.1, 0.15) is 31.4 Å². The summed E-state index contributed by atoms with van der Waals surface area (Å²) in [7, 11) is 0. The normalized spacial score (nSPS) is 15.3. The van der Waals surface area contributed by atoms with Gasteiger partial charge in [-0.3, -0.25) is 14.6 Å². The lowest BCUT2D eigenvalue weighted by Crippen LogP contribution is -2.36. The number of nitrogens with one attached hydrogen (secondary N) is 1. The van der Waals surface area contributed by atoms with Crippen LogP contribution >= 0.6 is 0 Å². The van der Waals surface area contributed by atoms with Gasteiger partial charge in [0.2, 0.25) is 11.8 Å². The van der Waals surface area contributed by atoms with Gasteiger partial charge in [0.1, 0.15) is 17.3 Å². The fourth-order valence-electron chi connectivity index (χ4n) is 4.17. The van der Waals surface area contributed by atoms with Crippen LogP contribution in [0.4, 0.5) is 10.1 Å². The van der Waals surface area contributed by atoms with Crippen LogP contribution in [-0.2, 0) is 17.8 Å². The molecule has 6 nitrogen and oxygen atoms in total. The summed E-state index contributed by atoms with van der Waals surface area (Å²) in [6.45, 7) is 6.36. The lowest BCUT2D eigenvalue weighted by molar-refractivity contribution is -0.117. The lowest BCUT2D eigenvalue weighted by atomic mass is 10.1. The molecule has 0 unspecified atom stereocenters. The first-order chi connectivity index (χ1) is 16.1. The molecule has 1 aliphatic rings. The van der Waals surface area contributed by atoms with Crippen LogP contribution in [0.3, 0.4) is 0 Å². The zero-order valence-electron chi connectivity index (χ0n) is 19.1. The minimum atomic E-state index is -0.420. The summed E-state index contributed by atoms with van der Waals surface area (Å²) in [5.74, 6) is 1.07. The number of benzene rings is 2. The van der Waals surface area contributed by atoms with Gasteiger partial charge >= 0.3 is 0 Å². The van der Waals surface area contributed by atoms with Crippen LogP contribution in [-0.4, -0.2) is 53.4 Å². The van der Waals surface area contributed by atoms with Crippen LogP contribution in [0.25, 0.3) is 11.3 Å². The molecule has 1 saturated heterocycles. The molecule has 33 heavy (non-hydrogen) atoms. The predicted molar refractivity (Wildman–Crippen MR) is 127 cm³/mol. The van der Waals surface area contributed by atoms with Crippen molar-refractivity contribution in [2.45, 2.75) is 32.7 Å². The van der Waals surface area contributed by atoms with E-state index in [-0.39, 0.29) is 18.1 Å². The average molecular weight is 451 g/mol. The number of carbonyl (C=O) groups is 1. The zero-order valence-corrected chi connectivity index (χ0v) is 19.1. The van der Waals surface area contributed by atoms with Gasteiger partial charge in [-0.25, -0.2) is 9.37 Å². The van der Waals surface area contributed by atoms with Crippen molar-refractivity contribution in [3.05, 3.63) is 72.1 Å². The maximum atomic E-state index is 13.8. The maximum Gasteiger partial charge on any atom is 0.238 e. The molecule has 0 aliphatic carbocycles. The summed E-state index contributed by atoms with van der Waals surface area (Å²) < 4.78 is 19.9. The standard InChI is InChI=1S/C26H31FN4O2/c1-2-9-23-26(20-10-4-3-5-11-20)29-25(33-23)19-31-15-8-14-30(16-17-31)18-24(32)28-22-13-7-6-12-21(22)27/h3-7,10-13H,2,8-9,14-19H2,1H3,(H,28,32). The number of rotatable bonds is 8. The zero-order chi connectivity index (χ0) is 23.0. The number of para-hydroxylation sites is 1. The first-order valence-corrected chi connectivity index (χ1v) is 11.7. The number of nitrogens with zero attached hydrogens (tertiary/aromatic N) is 3. The van der Waals surface area contributed by atoms with Crippen LogP contribution in [0.15, 0.2) is 59.0 Å². The molecule has 2 heterocycles. The minimum absolute atomic E-state index is 0.196. The van der Waals surface area contributed by atoms with E-state index in [0.717, 1.165) is 68.3 Å². The Labute approximate surface area is 194 Å². The molecule has 1 amide bonds. The number of aromatic nitrogens is 1. The highest BCUT2D eigenvalue weighted by Gasteiger charge is 2.21. The first kappa shape index (κ1) is 23.1. The minimum Gasteiger partial charge on any atom is -0.444 e. The Morgan fingerprint density at radius 1 is 1.03 bits per heavy atom. The average Bonchev–Trinajstić information content (AvgIpc) is 3.08. The molecule has 0 atom stereocenters. The molecule has 174 valence electrons. The van der Waals surface area contributed by atoms with Gasteiger partial charge in [-0.1, -0.05) is 49.4 Å². The van der Waals surface area contributed by atoms with E-state index >= 15 is 0 Å². The van der Waals surface area contributed by atoms with Crippen molar-refractivity contribution >= 4 is 11.6 Å². The smallest absolute Gasteiger partial charge is 0.238 e. The van der Waals surface area contributed by atoms with Crippen LogP contribution < -0.4 is 5.32 Å². The summed E-state index contributed by atoms with van der Waals surface area (Å²) >= 11 is 0. The van der Waals surface area contributed by atoms with E-state index in [9.17, 15) is 9.18 Å². The fraction of sp³-hybridized carbons (Fsp3) is 0.385. The van der Waals surface area contributed by atoms with Crippen molar-refractivity contribution in [3.8, 4) is 11.3 Å². The van der Waals surface area contributed by atoms with Crippen molar-refractivity contribution in [3.63, 3.8) is 0 Å². The van der Waals surface area contributed by atoms with Gasteiger partial charge < -0.3 is 9.73 Å². The monoisotopic (exact) mass is 450 g/mol. The molecule has 2 aromatic carbocycles. The van der Waals surface area contributed by atoms with E-state index in [1.807, 2.05) is 18.2 Å². The molecule has 1 aromatic heterocycles. The molecular formula is C26H31FN4O2. The van der Waals surface area contributed by atoms with E-state index in [4.69, 9.17) is 9.40 Å². The summed E-state index contributed by atoms with van der Waals surface area (Å²) in [6, 6.07) is 16.4. The van der Waals surface area contributed by atoms with Gasteiger partial charge in [0.05, 0.1) is 18.8 Å². The Hall–Kier alpha value is -3.03. The van der Waals surface area contributed by atoms with E-state index in [1.54, 1.807) is 18.2 Å². The Morgan fingerprint density at radius 3 is 2.55 bits per heavy atom. The van der Waals surface area contributed by atoms with Gasteiger partial charge in [-0.15, -0.1) is 0 Å². The van der Waals surface area contributed by atoms with Gasteiger partial charge in [0.25, 0.3) is 0 Å². The second-order valence-electron chi connectivity index (χ2n) is 8.43. The van der Waals surface area contributed by atoms with Gasteiger partial charge in [-0.2, -0.15) is 0 Å². The largest absolute Gasteiger partial charge is 0.444 e. The number of halogens is 1. The third-order valence-corrected chi connectivity index (χ3v) is 5.82. The van der Waals surface area contributed by atoms with Crippen LogP contribution in [0, 0.1) is 5.82 Å². The number of aryl methyl sites for hydroxylation is 1. The lowest BCUT2D eigenvalue weighted by Gasteiger charge is -2.20. The fourth-order valence-corrected chi connectivity index (χ4v) is 4.17. The molecule has 7 heteroatoms. The second kappa shape index (κ2) is 11.2. The molecule has 1 aliphatic heterocycles. The third-order valence-electron chi connectivity index (χ3n) is 5.82. The van der Waals surface area contributed by atoms with Crippen LogP contribution in [0.2, 0.25) is 0 Å². The molecule has 4 rings (SSSR count). The summed E-state index contributed by atoms with van der Waals surface area (Å²) in [4.78, 5) is 21.7. The van der Waals surface area contributed by atoms with E-state index < -0.39 is 5.82 Å². The molecule has 0 saturated carbocycles. The number of hydrogen-bond acceptors (Lipinski definition) is 5. The van der Waals surface area contributed by atoms with Crippen molar-refractivity contribution in [2.75, 3.05) is 38.0 Å². The quantitative estimate of drug-likeness (QED) is 0.544.